The molecule has 1 atom stereocenters. The van der Waals surface area contributed by atoms with Gasteiger partial charge in [-0.25, -0.2) is 0 Å². The maximum atomic E-state index is 13.1. The van der Waals surface area contributed by atoms with E-state index >= 15 is 0 Å². The lowest BCUT2D eigenvalue weighted by Crippen LogP contribution is -2.13. The molecule has 12 heteroatoms. The average molecular weight is 603 g/mol. The predicted molar refractivity (Wildman–Crippen MR) is 157 cm³/mol. The quantitative estimate of drug-likeness (QED) is 0.225. The van der Waals surface area contributed by atoms with Crippen molar-refractivity contribution in [2.24, 2.45) is 4.99 Å². The highest BCUT2D eigenvalue weighted by Gasteiger charge is 2.32. The minimum atomic E-state index is -0.886. The molecular weight excluding hydrogens is 568 g/mol. The Morgan fingerprint density at radius 1 is 0.951 bits per heavy atom. The minimum Gasteiger partial charge on any atom is -0.481 e. The van der Waals surface area contributed by atoms with E-state index < -0.39 is 12.0 Å². The highest BCUT2D eigenvalue weighted by Crippen LogP contribution is 2.39. The van der Waals surface area contributed by atoms with Gasteiger partial charge in [0, 0.05) is 40.5 Å². The zero-order valence-corrected chi connectivity index (χ0v) is 25.1. The van der Waals surface area contributed by atoms with Crippen LogP contribution in [0.1, 0.15) is 64.9 Å². The summed E-state index contributed by atoms with van der Waals surface area (Å²) in [6.45, 7) is 8.25. The Bertz CT molecular complexity index is 1380. The summed E-state index contributed by atoms with van der Waals surface area (Å²) in [4.78, 5) is 29.9. The van der Waals surface area contributed by atoms with E-state index in [0.717, 1.165) is 33.2 Å². The number of carbonyl (C=O) groups is 2. The number of hydrogen-bond acceptors (Lipinski definition) is 9. The van der Waals surface area contributed by atoms with Gasteiger partial charge in [-0.3, -0.25) is 19.1 Å². The first-order valence-corrected chi connectivity index (χ1v) is 14.8. The molecule has 3 aromatic rings. The molecule has 1 aliphatic rings. The first-order chi connectivity index (χ1) is 19.8. The summed E-state index contributed by atoms with van der Waals surface area (Å²) in [5.74, 6) is 0.623. The van der Waals surface area contributed by atoms with E-state index in [1.807, 2.05) is 35.8 Å². The molecule has 3 heterocycles. The summed E-state index contributed by atoms with van der Waals surface area (Å²) >= 11 is 7.86. The lowest BCUT2D eigenvalue weighted by atomic mass is 9.99. The molecule has 0 aliphatic carbocycles. The largest absolute Gasteiger partial charge is 0.481 e. The summed E-state index contributed by atoms with van der Waals surface area (Å²) in [7, 11) is 0. The number of aliphatic imine (C=N–C) groups is 1. The van der Waals surface area contributed by atoms with E-state index in [-0.39, 0.29) is 25.2 Å². The molecule has 0 bridgehead atoms. The zero-order chi connectivity index (χ0) is 29.4. The molecule has 4 rings (SSSR count). The number of ketones is 1. The second-order valence-corrected chi connectivity index (χ2v) is 11.4. The van der Waals surface area contributed by atoms with E-state index in [1.165, 1.54) is 4.88 Å². The third-order valence-corrected chi connectivity index (χ3v) is 8.17. The fourth-order valence-corrected chi connectivity index (χ4v) is 5.86. The number of nitrogens with zero attached hydrogens (tertiary/aromatic N) is 4. The van der Waals surface area contributed by atoms with Gasteiger partial charge in [-0.05, 0) is 44.9 Å². The number of aliphatic carboxylic acids is 1. The van der Waals surface area contributed by atoms with Crippen LogP contribution in [0.4, 0.5) is 0 Å². The van der Waals surface area contributed by atoms with Crippen LogP contribution in [0.15, 0.2) is 29.3 Å². The van der Waals surface area contributed by atoms with Crippen LogP contribution in [-0.4, -0.2) is 77.0 Å². The number of thiophene rings is 1. The summed E-state index contributed by atoms with van der Waals surface area (Å²) in [6, 6.07) is 7.16. The van der Waals surface area contributed by atoms with Crippen LogP contribution >= 0.6 is 22.9 Å². The molecule has 1 aromatic carbocycles. The van der Waals surface area contributed by atoms with Gasteiger partial charge < -0.3 is 19.3 Å². The summed E-state index contributed by atoms with van der Waals surface area (Å²) < 4.78 is 18.2. The van der Waals surface area contributed by atoms with Crippen molar-refractivity contribution in [2.45, 2.75) is 52.5 Å². The second kappa shape index (κ2) is 14.8. The van der Waals surface area contributed by atoms with E-state index in [0.29, 0.717) is 56.7 Å². The molecule has 10 nitrogen and oxygen atoms in total. The van der Waals surface area contributed by atoms with Crippen LogP contribution in [0.3, 0.4) is 0 Å². The molecule has 0 spiro atoms. The van der Waals surface area contributed by atoms with Gasteiger partial charge >= 0.3 is 5.97 Å². The molecule has 0 amide bonds. The van der Waals surface area contributed by atoms with Gasteiger partial charge in [0.2, 0.25) is 0 Å². The SMILES string of the molecule is Cc1sc2c(c1C)C(c1ccc(Cl)cc1)=N[C@@H](CC(=O)CCCOCCOCCOCCC(=O)O)c1nnc(C)n1-2. The standard InChI is InChI=1S/C29H35ClN4O6S/c1-18-19(2)41-29-26(18)27(21-6-8-22(30)9-7-21)31-24(28-33-32-20(3)34(28)29)17-23(35)5-4-11-38-13-15-40-16-14-39-12-10-25(36)37/h6-9,24H,4-5,10-17H2,1-3H3,(H,36,37)/t24-/m0/s1. The summed E-state index contributed by atoms with van der Waals surface area (Å²) in [5, 5.41) is 19.0. The van der Waals surface area contributed by atoms with Gasteiger partial charge in [0.25, 0.3) is 0 Å². The number of carboxylic acid groups (broad SMARTS) is 1. The van der Waals surface area contributed by atoms with Gasteiger partial charge in [-0.1, -0.05) is 23.7 Å². The second-order valence-electron chi connectivity index (χ2n) is 9.73. The molecule has 1 N–H and O–H groups in total. The lowest BCUT2D eigenvalue weighted by Gasteiger charge is -2.12. The number of ether oxygens (including phenoxy) is 3. The predicted octanol–water partition coefficient (Wildman–Crippen LogP) is 5.06. The highest BCUT2D eigenvalue weighted by molar-refractivity contribution is 7.15. The smallest absolute Gasteiger partial charge is 0.305 e. The topological polar surface area (TPSA) is 125 Å². The maximum absolute atomic E-state index is 13.1. The molecular formula is C29H35ClN4O6S. The van der Waals surface area contributed by atoms with E-state index in [9.17, 15) is 9.59 Å². The Morgan fingerprint density at radius 2 is 1.61 bits per heavy atom. The number of benzene rings is 1. The van der Waals surface area contributed by atoms with E-state index in [4.69, 9.17) is 35.9 Å². The molecule has 1 aliphatic heterocycles. The summed E-state index contributed by atoms with van der Waals surface area (Å²) in [5.41, 5.74) is 3.96. The third kappa shape index (κ3) is 8.08. The first kappa shape index (κ1) is 31.0. The monoisotopic (exact) mass is 602 g/mol. The number of hydrogen-bond donors (Lipinski definition) is 1. The fourth-order valence-electron chi connectivity index (χ4n) is 4.52. The van der Waals surface area contributed by atoms with Crippen molar-refractivity contribution in [3.8, 4) is 5.00 Å². The molecule has 0 saturated carbocycles. The lowest BCUT2D eigenvalue weighted by molar-refractivity contribution is -0.138. The highest BCUT2D eigenvalue weighted by atomic mass is 35.5. The fraction of sp³-hybridized carbons (Fsp3) is 0.483. The molecule has 0 unspecified atom stereocenters. The van der Waals surface area contributed by atoms with Crippen LogP contribution in [0.25, 0.3) is 5.00 Å². The number of carbonyl (C=O) groups excluding carboxylic acids is 1. The van der Waals surface area contributed by atoms with Gasteiger partial charge in [0.15, 0.2) is 5.82 Å². The number of aromatic nitrogens is 3. The molecule has 0 saturated heterocycles. The number of fused-ring (bicyclic) bond motifs is 3. The first-order valence-electron chi connectivity index (χ1n) is 13.6. The van der Waals surface area contributed by atoms with Crippen LogP contribution in [0.2, 0.25) is 5.02 Å². The Kier molecular flexibility index (Phi) is 11.2. The molecule has 0 fully saturated rings. The van der Waals surface area contributed by atoms with Crippen molar-refractivity contribution in [3.63, 3.8) is 0 Å². The van der Waals surface area contributed by atoms with Crippen molar-refractivity contribution in [2.75, 3.05) is 39.6 Å². The number of halogens is 1. The average Bonchev–Trinajstić information content (AvgIpc) is 3.41. The van der Waals surface area contributed by atoms with Gasteiger partial charge in [0.1, 0.15) is 22.7 Å². The van der Waals surface area contributed by atoms with Crippen LogP contribution < -0.4 is 0 Å². The minimum absolute atomic E-state index is 0.0209. The van der Waals surface area contributed by atoms with Crippen LogP contribution in [-0.2, 0) is 23.8 Å². The molecule has 220 valence electrons. The summed E-state index contributed by atoms with van der Waals surface area (Å²) in [6.07, 6.45) is 1.16. The Morgan fingerprint density at radius 3 is 2.29 bits per heavy atom. The molecule has 41 heavy (non-hydrogen) atoms. The van der Waals surface area contributed by atoms with Crippen LogP contribution in [0.5, 0.6) is 0 Å². The van der Waals surface area contributed by atoms with E-state index in [1.54, 1.807) is 11.3 Å². The van der Waals surface area contributed by atoms with Crippen molar-refractivity contribution in [1.82, 2.24) is 14.8 Å². The van der Waals surface area contributed by atoms with Crippen molar-refractivity contribution in [1.29, 1.82) is 0 Å². The molecule has 0 radical (unpaired) electrons. The normalized spacial score (nSPS) is 14.3. The van der Waals surface area contributed by atoms with Gasteiger partial charge in [-0.15, -0.1) is 21.5 Å². The number of rotatable bonds is 16. The van der Waals surface area contributed by atoms with Gasteiger partial charge in [0.05, 0.1) is 45.2 Å². The van der Waals surface area contributed by atoms with Crippen molar-refractivity contribution >= 4 is 40.4 Å². The Hall–Kier alpha value is -2.96. The number of carboxylic acids is 1. The van der Waals surface area contributed by atoms with E-state index in [2.05, 4.69) is 24.0 Å². The van der Waals surface area contributed by atoms with Crippen molar-refractivity contribution in [3.05, 3.63) is 62.5 Å². The number of aryl methyl sites for hydroxylation is 2. The molecule has 2 aromatic heterocycles. The maximum Gasteiger partial charge on any atom is 0.305 e. The Balaban J connectivity index is 1.34. The zero-order valence-electron chi connectivity index (χ0n) is 23.5. The number of Topliss-reactive ketones (excluding diaryl/α,β-unsaturated/α-hetero) is 1. The van der Waals surface area contributed by atoms with Crippen LogP contribution in [0, 0.1) is 20.8 Å². The van der Waals surface area contributed by atoms with Gasteiger partial charge in [-0.2, -0.15) is 0 Å². The van der Waals surface area contributed by atoms with Crippen molar-refractivity contribution < 1.29 is 28.9 Å². The third-order valence-electron chi connectivity index (χ3n) is 6.73. The Labute approximate surface area is 248 Å².